The molecule has 36 valence electrons. The highest BCUT2D eigenvalue weighted by molar-refractivity contribution is 5.30. The second-order valence-electron chi connectivity index (χ2n) is 1.99. The second-order valence-corrected chi connectivity index (χ2v) is 1.99. The van der Waals surface area contributed by atoms with Crippen LogP contribution in [0.5, 0.6) is 0 Å². The fraction of sp³-hybridized carbons (Fsp3) is 0.333. The molecule has 7 heavy (non-hydrogen) atoms. The number of rotatable bonds is 2. The summed E-state index contributed by atoms with van der Waals surface area (Å²) in [4.78, 5) is 0. The third-order valence-electron chi connectivity index (χ3n) is 1.14. The zero-order valence-corrected chi connectivity index (χ0v) is 4.07. The fourth-order valence-electron chi connectivity index (χ4n) is 0.512. The summed E-state index contributed by atoms with van der Waals surface area (Å²) in [7, 11) is 0. The van der Waals surface area contributed by atoms with Gasteiger partial charge in [0.2, 0.25) is 0 Å². The molecular formula is C6H7N. The largest absolute Gasteiger partial charge is 0.362 e. The molecule has 0 unspecified atom stereocenters. The molecular weight excluding hydrogens is 86.1 g/mol. The van der Waals surface area contributed by atoms with E-state index in [1.807, 2.05) is 0 Å². The summed E-state index contributed by atoms with van der Waals surface area (Å²) >= 11 is 0. The minimum atomic E-state index is 1.19. The first kappa shape index (κ1) is 3.30. The Labute approximate surface area is 42.7 Å². The van der Waals surface area contributed by atoms with Crippen molar-refractivity contribution in [2.45, 2.75) is 12.8 Å². The molecule has 0 fully saturated rings. The molecule has 2 aliphatic carbocycles. The van der Waals surface area contributed by atoms with Gasteiger partial charge in [0, 0.05) is 24.2 Å². The molecule has 0 saturated carbocycles. The molecule has 0 saturated heterocycles. The van der Waals surface area contributed by atoms with Crippen molar-refractivity contribution in [3.63, 3.8) is 0 Å². The molecule has 1 N–H and O–H groups in total. The van der Waals surface area contributed by atoms with E-state index in [1.54, 1.807) is 0 Å². The number of hydrogen-bond donors (Lipinski definition) is 1. The van der Waals surface area contributed by atoms with Gasteiger partial charge in [0.15, 0.2) is 0 Å². The lowest BCUT2D eigenvalue weighted by Crippen LogP contribution is -1.96. The third-order valence-corrected chi connectivity index (χ3v) is 1.14. The van der Waals surface area contributed by atoms with E-state index in [4.69, 9.17) is 0 Å². The Morgan fingerprint density at radius 3 is 1.86 bits per heavy atom. The van der Waals surface area contributed by atoms with Gasteiger partial charge in [0.05, 0.1) is 0 Å². The van der Waals surface area contributed by atoms with Crippen molar-refractivity contribution < 1.29 is 0 Å². The normalized spacial score (nSPS) is 22.9. The fourth-order valence-corrected chi connectivity index (χ4v) is 0.512. The Morgan fingerprint density at radius 1 is 1.14 bits per heavy atom. The molecule has 0 radical (unpaired) electrons. The van der Waals surface area contributed by atoms with E-state index in [0.717, 1.165) is 0 Å². The van der Waals surface area contributed by atoms with E-state index in [1.165, 1.54) is 24.2 Å². The predicted molar refractivity (Wildman–Crippen MR) is 28.5 cm³/mol. The number of hydrogen-bond acceptors (Lipinski definition) is 1. The van der Waals surface area contributed by atoms with Gasteiger partial charge in [-0.05, 0) is 0 Å². The van der Waals surface area contributed by atoms with Crippen LogP contribution in [0.3, 0.4) is 0 Å². The van der Waals surface area contributed by atoms with Crippen molar-refractivity contribution in [2.24, 2.45) is 0 Å². The van der Waals surface area contributed by atoms with E-state index in [2.05, 4.69) is 17.5 Å². The van der Waals surface area contributed by atoms with Crippen LogP contribution in [0.2, 0.25) is 0 Å². The highest BCUT2D eigenvalue weighted by Gasteiger charge is 2.12. The van der Waals surface area contributed by atoms with Crippen molar-refractivity contribution >= 4 is 0 Å². The highest BCUT2D eigenvalue weighted by Crippen LogP contribution is 2.22. The van der Waals surface area contributed by atoms with Crippen LogP contribution < -0.4 is 5.32 Å². The lowest BCUT2D eigenvalue weighted by atomic mass is 10.7. The van der Waals surface area contributed by atoms with Gasteiger partial charge >= 0.3 is 0 Å². The van der Waals surface area contributed by atoms with Crippen molar-refractivity contribution in [3.05, 3.63) is 23.5 Å². The molecule has 0 aliphatic heterocycles. The monoisotopic (exact) mass is 93.1 g/mol. The molecule has 0 amide bonds. The maximum atomic E-state index is 3.25. The first-order valence-electron chi connectivity index (χ1n) is 2.60. The SMILES string of the molecule is C1=C(NC2=CC2)C1. The van der Waals surface area contributed by atoms with Gasteiger partial charge in [-0.15, -0.1) is 0 Å². The predicted octanol–water partition coefficient (Wildman–Crippen LogP) is 1.15. The molecule has 2 aliphatic rings. The lowest BCUT2D eigenvalue weighted by molar-refractivity contribution is 1.05. The summed E-state index contributed by atoms with van der Waals surface area (Å²) in [6.07, 6.45) is 6.77. The standard InChI is InChI=1S/C6H7N/c1-2-5(1)7-6-3-4-6/h1,3,7H,2,4H2. The van der Waals surface area contributed by atoms with Gasteiger partial charge in [-0.2, -0.15) is 0 Å². The molecule has 0 aromatic carbocycles. The summed E-state index contributed by atoms with van der Waals surface area (Å²) < 4.78 is 0. The maximum Gasteiger partial charge on any atom is 0.0151 e. The molecule has 0 spiro atoms. The molecule has 0 atom stereocenters. The molecule has 0 aromatic heterocycles. The Morgan fingerprint density at radius 2 is 1.57 bits per heavy atom. The Hall–Kier alpha value is -0.720. The summed E-state index contributed by atoms with van der Waals surface area (Å²) in [5.41, 5.74) is 2.81. The van der Waals surface area contributed by atoms with Gasteiger partial charge in [-0.3, -0.25) is 0 Å². The Kier molecular flexibility index (Phi) is 0.432. The van der Waals surface area contributed by atoms with E-state index in [0.29, 0.717) is 0 Å². The van der Waals surface area contributed by atoms with Gasteiger partial charge in [-0.1, -0.05) is 12.2 Å². The zero-order chi connectivity index (χ0) is 4.69. The van der Waals surface area contributed by atoms with Gasteiger partial charge in [0.25, 0.3) is 0 Å². The van der Waals surface area contributed by atoms with E-state index >= 15 is 0 Å². The average Bonchev–Trinajstić information content (AvgIpc) is 2.33. The molecule has 1 heteroatoms. The third kappa shape index (κ3) is 0.660. The van der Waals surface area contributed by atoms with E-state index in [-0.39, 0.29) is 0 Å². The minimum Gasteiger partial charge on any atom is -0.362 e. The van der Waals surface area contributed by atoms with Crippen LogP contribution in [0.1, 0.15) is 12.8 Å². The number of allylic oxidation sites excluding steroid dienone is 4. The molecule has 2 rings (SSSR count). The molecule has 0 aromatic rings. The van der Waals surface area contributed by atoms with Crippen LogP contribution in [-0.4, -0.2) is 0 Å². The topological polar surface area (TPSA) is 12.0 Å². The first-order valence-corrected chi connectivity index (χ1v) is 2.60. The lowest BCUT2D eigenvalue weighted by Gasteiger charge is -1.87. The maximum absolute atomic E-state index is 3.25. The van der Waals surface area contributed by atoms with E-state index < -0.39 is 0 Å². The van der Waals surface area contributed by atoms with Crippen LogP contribution in [0.25, 0.3) is 0 Å². The zero-order valence-electron chi connectivity index (χ0n) is 4.07. The molecule has 1 nitrogen and oxygen atoms in total. The smallest absolute Gasteiger partial charge is 0.0151 e. The first-order chi connectivity index (χ1) is 3.45. The van der Waals surface area contributed by atoms with Crippen LogP contribution >= 0.6 is 0 Å². The average molecular weight is 93.1 g/mol. The summed E-state index contributed by atoms with van der Waals surface area (Å²) in [6, 6.07) is 0. The van der Waals surface area contributed by atoms with Crippen LogP contribution in [0.15, 0.2) is 23.5 Å². The Balaban J connectivity index is 1.90. The van der Waals surface area contributed by atoms with Crippen molar-refractivity contribution in [1.82, 2.24) is 5.32 Å². The minimum absolute atomic E-state index is 1.19. The van der Waals surface area contributed by atoms with Crippen LogP contribution in [0.4, 0.5) is 0 Å². The quantitative estimate of drug-likeness (QED) is 0.540. The summed E-state index contributed by atoms with van der Waals surface area (Å²) in [5, 5.41) is 3.25. The van der Waals surface area contributed by atoms with Crippen molar-refractivity contribution in [1.29, 1.82) is 0 Å². The van der Waals surface area contributed by atoms with Crippen molar-refractivity contribution in [2.75, 3.05) is 0 Å². The summed E-state index contributed by atoms with van der Waals surface area (Å²) in [5.74, 6) is 0. The Bertz CT molecular complexity index is 136. The van der Waals surface area contributed by atoms with Crippen LogP contribution in [-0.2, 0) is 0 Å². The van der Waals surface area contributed by atoms with E-state index in [9.17, 15) is 0 Å². The van der Waals surface area contributed by atoms with Crippen molar-refractivity contribution in [3.8, 4) is 0 Å². The van der Waals surface area contributed by atoms with Crippen LogP contribution in [0, 0.1) is 0 Å². The number of nitrogens with one attached hydrogen (secondary N) is 1. The molecule has 0 bridgehead atoms. The van der Waals surface area contributed by atoms with Gasteiger partial charge in [0.1, 0.15) is 0 Å². The van der Waals surface area contributed by atoms with Gasteiger partial charge < -0.3 is 5.32 Å². The van der Waals surface area contributed by atoms with Gasteiger partial charge in [-0.25, -0.2) is 0 Å². The summed E-state index contributed by atoms with van der Waals surface area (Å²) in [6.45, 7) is 0. The highest BCUT2D eigenvalue weighted by atomic mass is 14.9. The second kappa shape index (κ2) is 0.915. The molecule has 0 heterocycles.